The maximum atomic E-state index is 11.3. The van der Waals surface area contributed by atoms with Crippen LogP contribution < -0.4 is 5.32 Å². The van der Waals surface area contributed by atoms with Crippen molar-refractivity contribution in [2.24, 2.45) is 0 Å². The first-order chi connectivity index (χ1) is 10.9. The fourth-order valence-electron chi connectivity index (χ4n) is 2.01. The number of carbonyl (C=O) groups excluding carboxylic acids is 1. The van der Waals surface area contributed by atoms with Gasteiger partial charge in [0.15, 0.2) is 6.29 Å². The maximum Gasteiger partial charge on any atom is 0.303 e. The number of ether oxygens (including phenoxy) is 2. The highest BCUT2D eigenvalue weighted by Crippen LogP contribution is 2.21. The molecule has 5 atom stereocenters. The monoisotopic (exact) mass is 337 g/mol. The third-order valence-corrected chi connectivity index (χ3v) is 3.34. The molecule has 134 valence electrons. The van der Waals surface area contributed by atoms with Crippen molar-refractivity contribution < 1.29 is 44.6 Å². The van der Waals surface area contributed by atoms with Crippen molar-refractivity contribution in [1.82, 2.24) is 5.32 Å². The predicted molar refractivity (Wildman–Crippen MR) is 74.2 cm³/mol. The standard InChI is InChI=1S/C13H23NO9/c15-6-7-10(19)11(20)12(21)13(23-7)22-5-1-4-14-8(16)2-3-9(17)18/h7,10-13,15,19-21H,1-6H2,(H,14,16)(H,17,18). The van der Waals surface area contributed by atoms with Gasteiger partial charge in [-0.05, 0) is 6.42 Å². The van der Waals surface area contributed by atoms with E-state index in [1.54, 1.807) is 0 Å². The van der Waals surface area contributed by atoms with Crippen LogP contribution in [0.25, 0.3) is 0 Å². The van der Waals surface area contributed by atoms with Gasteiger partial charge in [-0.25, -0.2) is 0 Å². The molecule has 0 saturated carbocycles. The molecule has 0 bridgehead atoms. The highest BCUT2D eigenvalue weighted by atomic mass is 16.7. The molecule has 0 aromatic heterocycles. The van der Waals surface area contributed by atoms with Crippen LogP contribution in [0.4, 0.5) is 0 Å². The van der Waals surface area contributed by atoms with E-state index in [2.05, 4.69) is 5.32 Å². The van der Waals surface area contributed by atoms with Crippen molar-refractivity contribution in [1.29, 1.82) is 0 Å². The Morgan fingerprint density at radius 2 is 1.78 bits per heavy atom. The minimum absolute atomic E-state index is 0.0852. The van der Waals surface area contributed by atoms with Crippen LogP contribution in [0.15, 0.2) is 0 Å². The van der Waals surface area contributed by atoms with Crippen molar-refractivity contribution >= 4 is 11.9 Å². The first-order valence-electron chi connectivity index (χ1n) is 7.27. The summed E-state index contributed by atoms with van der Waals surface area (Å²) in [5.41, 5.74) is 0. The lowest BCUT2D eigenvalue weighted by Gasteiger charge is -2.39. The largest absolute Gasteiger partial charge is 0.481 e. The number of hydrogen-bond acceptors (Lipinski definition) is 8. The zero-order valence-corrected chi connectivity index (χ0v) is 12.5. The molecule has 10 heteroatoms. The summed E-state index contributed by atoms with van der Waals surface area (Å²) in [7, 11) is 0. The van der Waals surface area contributed by atoms with Gasteiger partial charge in [0.2, 0.25) is 5.91 Å². The summed E-state index contributed by atoms with van der Waals surface area (Å²) in [5.74, 6) is -1.44. The zero-order chi connectivity index (χ0) is 17.4. The van der Waals surface area contributed by atoms with E-state index in [0.717, 1.165) is 0 Å². The third kappa shape index (κ3) is 6.37. The summed E-state index contributed by atoms with van der Waals surface area (Å²) in [6.07, 6.45) is -6.62. The molecule has 1 aliphatic heterocycles. The molecule has 1 saturated heterocycles. The van der Waals surface area contributed by atoms with E-state index in [0.29, 0.717) is 6.42 Å². The topological polar surface area (TPSA) is 166 Å². The number of carboxylic acids is 1. The summed E-state index contributed by atoms with van der Waals surface area (Å²) in [4.78, 5) is 21.5. The van der Waals surface area contributed by atoms with Crippen molar-refractivity contribution in [2.45, 2.75) is 50.0 Å². The highest BCUT2D eigenvalue weighted by molar-refractivity contribution is 5.80. The van der Waals surface area contributed by atoms with E-state index in [9.17, 15) is 24.9 Å². The minimum Gasteiger partial charge on any atom is -0.481 e. The lowest BCUT2D eigenvalue weighted by atomic mass is 9.99. The fourth-order valence-corrected chi connectivity index (χ4v) is 2.01. The summed E-state index contributed by atoms with van der Waals surface area (Å²) in [5, 5.41) is 48.8. The summed E-state index contributed by atoms with van der Waals surface area (Å²) < 4.78 is 10.4. The third-order valence-electron chi connectivity index (χ3n) is 3.34. The van der Waals surface area contributed by atoms with Gasteiger partial charge in [-0.3, -0.25) is 9.59 Å². The average molecular weight is 337 g/mol. The van der Waals surface area contributed by atoms with E-state index in [-0.39, 0.29) is 31.9 Å². The molecule has 1 aliphatic rings. The molecule has 1 amide bonds. The molecule has 6 N–H and O–H groups in total. The van der Waals surface area contributed by atoms with Crippen molar-refractivity contribution in [3.05, 3.63) is 0 Å². The second-order valence-corrected chi connectivity index (χ2v) is 5.17. The van der Waals surface area contributed by atoms with Crippen molar-refractivity contribution in [3.8, 4) is 0 Å². The molecular weight excluding hydrogens is 314 g/mol. The second-order valence-electron chi connectivity index (χ2n) is 5.17. The maximum absolute atomic E-state index is 11.3. The highest BCUT2D eigenvalue weighted by Gasteiger charge is 2.43. The lowest BCUT2D eigenvalue weighted by molar-refractivity contribution is -0.301. The molecule has 0 radical (unpaired) electrons. The Balaban J connectivity index is 2.22. The van der Waals surface area contributed by atoms with Gasteiger partial charge in [-0.2, -0.15) is 0 Å². The first kappa shape index (κ1) is 19.7. The molecule has 1 rings (SSSR count). The van der Waals surface area contributed by atoms with Gasteiger partial charge < -0.3 is 40.3 Å². The van der Waals surface area contributed by atoms with Gasteiger partial charge in [0.25, 0.3) is 0 Å². The smallest absolute Gasteiger partial charge is 0.303 e. The van der Waals surface area contributed by atoms with Crippen LogP contribution in [0.5, 0.6) is 0 Å². The number of carboxylic acid groups (broad SMARTS) is 1. The first-order valence-corrected chi connectivity index (χ1v) is 7.27. The molecule has 0 aromatic rings. The van der Waals surface area contributed by atoms with Gasteiger partial charge in [0.05, 0.1) is 19.6 Å². The Bertz CT molecular complexity index is 390. The Morgan fingerprint density at radius 3 is 2.39 bits per heavy atom. The molecule has 0 aromatic carbocycles. The van der Waals surface area contributed by atoms with Crippen LogP contribution in [0.2, 0.25) is 0 Å². The van der Waals surface area contributed by atoms with Crippen molar-refractivity contribution in [3.63, 3.8) is 0 Å². The molecule has 10 nitrogen and oxygen atoms in total. The number of hydrogen-bond donors (Lipinski definition) is 6. The summed E-state index contributed by atoms with van der Waals surface area (Å²) in [6.45, 7) is -0.206. The minimum atomic E-state index is -1.50. The van der Waals surface area contributed by atoms with E-state index in [4.69, 9.17) is 19.7 Å². The van der Waals surface area contributed by atoms with Crippen LogP contribution in [-0.4, -0.2) is 87.9 Å². The SMILES string of the molecule is O=C(O)CCC(=O)NCCCOC1OC(CO)C(O)C(O)C1O. The normalized spacial score (nSPS) is 30.9. The van der Waals surface area contributed by atoms with Crippen LogP contribution in [0.1, 0.15) is 19.3 Å². The molecular formula is C13H23NO9. The molecule has 5 unspecified atom stereocenters. The predicted octanol–water partition coefficient (Wildman–Crippen LogP) is -2.83. The van der Waals surface area contributed by atoms with Crippen LogP contribution in [0, 0.1) is 0 Å². The summed E-state index contributed by atoms with van der Waals surface area (Å²) in [6, 6.07) is 0. The number of nitrogens with one attached hydrogen (secondary N) is 1. The summed E-state index contributed by atoms with van der Waals surface area (Å²) >= 11 is 0. The van der Waals surface area contributed by atoms with Gasteiger partial charge in [-0.15, -0.1) is 0 Å². The number of aliphatic carboxylic acids is 1. The Hall–Kier alpha value is -1.30. The Morgan fingerprint density at radius 1 is 1.09 bits per heavy atom. The number of aliphatic hydroxyl groups is 4. The van der Waals surface area contributed by atoms with Crippen LogP contribution in [-0.2, 0) is 19.1 Å². The van der Waals surface area contributed by atoms with E-state index in [1.165, 1.54) is 0 Å². The molecule has 1 fully saturated rings. The van der Waals surface area contributed by atoms with Gasteiger partial charge in [0.1, 0.15) is 24.4 Å². The van der Waals surface area contributed by atoms with E-state index >= 15 is 0 Å². The number of rotatable bonds is 9. The number of aliphatic hydroxyl groups excluding tert-OH is 4. The number of amides is 1. The molecule has 1 heterocycles. The van der Waals surface area contributed by atoms with Gasteiger partial charge in [-0.1, -0.05) is 0 Å². The van der Waals surface area contributed by atoms with Crippen LogP contribution in [0.3, 0.4) is 0 Å². The average Bonchev–Trinajstić information content (AvgIpc) is 2.52. The molecule has 0 spiro atoms. The fraction of sp³-hybridized carbons (Fsp3) is 0.846. The van der Waals surface area contributed by atoms with E-state index in [1.807, 2.05) is 0 Å². The van der Waals surface area contributed by atoms with Crippen molar-refractivity contribution in [2.75, 3.05) is 19.8 Å². The lowest BCUT2D eigenvalue weighted by Crippen LogP contribution is -2.59. The zero-order valence-electron chi connectivity index (χ0n) is 12.5. The van der Waals surface area contributed by atoms with Crippen LogP contribution >= 0.6 is 0 Å². The Labute approximate surface area is 132 Å². The second kappa shape index (κ2) is 9.75. The van der Waals surface area contributed by atoms with Gasteiger partial charge >= 0.3 is 5.97 Å². The molecule has 23 heavy (non-hydrogen) atoms. The van der Waals surface area contributed by atoms with E-state index < -0.39 is 43.3 Å². The molecule has 0 aliphatic carbocycles. The quantitative estimate of drug-likeness (QED) is 0.243. The number of carbonyl (C=O) groups is 2. The Kier molecular flexibility index (Phi) is 8.37. The van der Waals surface area contributed by atoms with Gasteiger partial charge in [0, 0.05) is 13.0 Å².